The van der Waals surface area contributed by atoms with Crippen LogP contribution in [0.3, 0.4) is 0 Å². The maximum Gasteiger partial charge on any atom is 0.167 e. The second kappa shape index (κ2) is 6.63. The van der Waals surface area contributed by atoms with Crippen LogP contribution in [0.2, 0.25) is 0 Å². The number of nitrogen functional groups attached to an aromatic ring is 1. The smallest absolute Gasteiger partial charge is 0.167 e. The van der Waals surface area contributed by atoms with Gasteiger partial charge in [0.05, 0.1) is 5.56 Å². The largest absolute Gasteiger partial charge is 0.453 e. The fourth-order valence-electron chi connectivity index (χ4n) is 1.94. The van der Waals surface area contributed by atoms with Crippen LogP contribution in [0.1, 0.15) is 11.1 Å². The second-order valence-corrected chi connectivity index (χ2v) is 4.78. The van der Waals surface area contributed by atoms with Crippen molar-refractivity contribution in [2.75, 3.05) is 5.73 Å². The van der Waals surface area contributed by atoms with E-state index < -0.39 is 5.82 Å². The first-order valence-corrected chi connectivity index (χ1v) is 6.96. The van der Waals surface area contributed by atoms with E-state index in [2.05, 4.69) is 16.8 Å². The summed E-state index contributed by atoms with van der Waals surface area (Å²) in [5.41, 5.74) is 7.33. The standard InChI is InChI=1S/C19H13FN2O/c20-17-12-16(21)8-9-19(17)23-18-10-11-22-13-15(18)7-6-14-4-2-1-3-5-14/h1-5,8-13H,21H2. The summed E-state index contributed by atoms with van der Waals surface area (Å²) in [4.78, 5) is 4.04. The predicted octanol–water partition coefficient (Wildman–Crippen LogP) is 4.00. The lowest BCUT2D eigenvalue weighted by atomic mass is 10.2. The lowest BCUT2D eigenvalue weighted by Gasteiger charge is -2.08. The van der Waals surface area contributed by atoms with Gasteiger partial charge >= 0.3 is 0 Å². The number of ether oxygens (including phenoxy) is 1. The Morgan fingerprint density at radius 3 is 2.57 bits per heavy atom. The number of pyridine rings is 1. The van der Waals surface area contributed by atoms with Crippen LogP contribution in [0, 0.1) is 17.7 Å². The van der Waals surface area contributed by atoms with Gasteiger partial charge in [0.15, 0.2) is 11.6 Å². The highest BCUT2D eigenvalue weighted by atomic mass is 19.1. The Morgan fingerprint density at radius 2 is 1.78 bits per heavy atom. The maximum absolute atomic E-state index is 13.9. The molecule has 0 saturated carbocycles. The first-order chi connectivity index (χ1) is 11.2. The first-order valence-electron chi connectivity index (χ1n) is 6.96. The monoisotopic (exact) mass is 304 g/mol. The van der Waals surface area contributed by atoms with Crippen molar-refractivity contribution >= 4 is 5.69 Å². The van der Waals surface area contributed by atoms with E-state index >= 15 is 0 Å². The summed E-state index contributed by atoms with van der Waals surface area (Å²) in [7, 11) is 0. The molecule has 0 amide bonds. The van der Waals surface area contributed by atoms with Gasteiger partial charge in [0.2, 0.25) is 0 Å². The molecule has 0 bridgehead atoms. The molecule has 3 nitrogen and oxygen atoms in total. The highest BCUT2D eigenvalue weighted by Crippen LogP contribution is 2.27. The molecule has 1 aromatic heterocycles. The Morgan fingerprint density at radius 1 is 0.957 bits per heavy atom. The molecule has 0 aliphatic rings. The van der Waals surface area contributed by atoms with Gasteiger partial charge in [-0.2, -0.15) is 0 Å². The fraction of sp³-hybridized carbons (Fsp3) is 0. The number of nitrogens with two attached hydrogens (primary N) is 1. The number of aromatic nitrogens is 1. The fourth-order valence-corrected chi connectivity index (χ4v) is 1.94. The molecule has 0 aliphatic carbocycles. The van der Waals surface area contributed by atoms with Crippen molar-refractivity contribution in [3.05, 3.63) is 83.9 Å². The summed E-state index contributed by atoms with van der Waals surface area (Å²) >= 11 is 0. The van der Waals surface area contributed by atoms with Crippen LogP contribution in [0.5, 0.6) is 11.5 Å². The third kappa shape index (κ3) is 3.66. The highest BCUT2D eigenvalue weighted by Gasteiger charge is 2.08. The van der Waals surface area contributed by atoms with E-state index in [0.29, 0.717) is 17.0 Å². The topological polar surface area (TPSA) is 48.1 Å². The minimum atomic E-state index is -0.524. The van der Waals surface area contributed by atoms with Crippen molar-refractivity contribution < 1.29 is 9.13 Å². The molecule has 0 fully saturated rings. The van der Waals surface area contributed by atoms with Crippen molar-refractivity contribution in [1.29, 1.82) is 0 Å². The van der Waals surface area contributed by atoms with Crippen LogP contribution >= 0.6 is 0 Å². The Labute approximate surface area is 133 Å². The van der Waals surface area contributed by atoms with Crippen LogP contribution < -0.4 is 10.5 Å². The third-order valence-corrected chi connectivity index (χ3v) is 3.07. The zero-order chi connectivity index (χ0) is 16.1. The summed E-state index contributed by atoms with van der Waals surface area (Å²) in [5, 5.41) is 0. The minimum Gasteiger partial charge on any atom is -0.453 e. The van der Waals surface area contributed by atoms with Gasteiger partial charge in [-0.15, -0.1) is 0 Å². The van der Waals surface area contributed by atoms with E-state index in [1.54, 1.807) is 24.5 Å². The summed E-state index contributed by atoms with van der Waals surface area (Å²) < 4.78 is 19.5. The Kier molecular flexibility index (Phi) is 4.21. The van der Waals surface area contributed by atoms with Gasteiger partial charge in [0.1, 0.15) is 5.75 Å². The van der Waals surface area contributed by atoms with Gasteiger partial charge in [-0.3, -0.25) is 4.98 Å². The van der Waals surface area contributed by atoms with Crippen LogP contribution in [-0.2, 0) is 0 Å². The van der Waals surface area contributed by atoms with Gasteiger partial charge < -0.3 is 10.5 Å². The number of hydrogen-bond acceptors (Lipinski definition) is 3. The number of rotatable bonds is 2. The van der Waals surface area contributed by atoms with Gasteiger partial charge in [0, 0.05) is 35.8 Å². The number of hydrogen-bond donors (Lipinski definition) is 1. The molecule has 0 spiro atoms. The van der Waals surface area contributed by atoms with Gasteiger partial charge in [-0.25, -0.2) is 4.39 Å². The minimum absolute atomic E-state index is 0.0909. The molecule has 2 N–H and O–H groups in total. The predicted molar refractivity (Wildman–Crippen MR) is 87.5 cm³/mol. The summed E-state index contributed by atoms with van der Waals surface area (Å²) in [6.07, 6.45) is 3.15. The van der Waals surface area contributed by atoms with Crippen molar-refractivity contribution in [2.24, 2.45) is 0 Å². The molecule has 23 heavy (non-hydrogen) atoms. The molecule has 0 atom stereocenters. The number of halogens is 1. The highest BCUT2D eigenvalue weighted by molar-refractivity contribution is 5.50. The molecule has 3 aromatic rings. The van der Waals surface area contributed by atoms with Crippen LogP contribution in [0.4, 0.5) is 10.1 Å². The van der Waals surface area contributed by atoms with E-state index in [1.165, 1.54) is 12.1 Å². The normalized spacial score (nSPS) is 9.78. The van der Waals surface area contributed by atoms with Crippen molar-refractivity contribution in [3.8, 4) is 23.3 Å². The Bertz CT molecular complexity index is 883. The number of anilines is 1. The summed E-state index contributed by atoms with van der Waals surface area (Å²) in [6.45, 7) is 0. The number of benzene rings is 2. The van der Waals surface area contributed by atoms with Gasteiger partial charge in [-0.05, 0) is 24.3 Å². The third-order valence-electron chi connectivity index (χ3n) is 3.07. The molecule has 4 heteroatoms. The van der Waals surface area contributed by atoms with E-state index in [1.807, 2.05) is 30.3 Å². The maximum atomic E-state index is 13.9. The first kappa shape index (κ1) is 14.6. The second-order valence-electron chi connectivity index (χ2n) is 4.78. The van der Waals surface area contributed by atoms with E-state index in [9.17, 15) is 4.39 Å². The van der Waals surface area contributed by atoms with Crippen LogP contribution in [-0.4, -0.2) is 4.98 Å². The molecule has 112 valence electrons. The van der Waals surface area contributed by atoms with Crippen molar-refractivity contribution in [1.82, 2.24) is 4.98 Å². The Hall–Kier alpha value is -3.32. The lowest BCUT2D eigenvalue weighted by Crippen LogP contribution is -1.93. The quantitative estimate of drug-likeness (QED) is 0.575. The molecule has 0 aliphatic heterocycles. The zero-order valence-corrected chi connectivity index (χ0v) is 12.2. The molecular weight excluding hydrogens is 291 g/mol. The average Bonchev–Trinajstić information content (AvgIpc) is 2.57. The van der Waals surface area contributed by atoms with Crippen LogP contribution in [0.15, 0.2) is 67.0 Å². The Balaban J connectivity index is 1.91. The van der Waals surface area contributed by atoms with E-state index in [-0.39, 0.29) is 5.75 Å². The molecule has 3 rings (SSSR count). The SMILES string of the molecule is Nc1ccc(Oc2ccncc2C#Cc2ccccc2)c(F)c1. The molecule has 1 heterocycles. The van der Waals surface area contributed by atoms with Crippen LogP contribution in [0.25, 0.3) is 0 Å². The van der Waals surface area contributed by atoms with Crippen molar-refractivity contribution in [3.63, 3.8) is 0 Å². The molecule has 0 saturated heterocycles. The van der Waals surface area contributed by atoms with Crippen molar-refractivity contribution in [2.45, 2.75) is 0 Å². The lowest BCUT2D eigenvalue weighted by molar-refractivity contribution is 0.441. The summed E-state index contributed by atoms with van der Waals surface area (Å²) in [5.74, 6) is 6.03. The van der Waals surface area contributed by atoms with E-state index in [4.69, 9.17) is 10.5 Å². The molecule has 0 radical (unpaired) electrons. The molecule has 2 aromatic carbocycles. The molecular formula is C19H13FN2O. The van der Waals surface area contributed by atoms with Gasteiger partial charge in [-0.1, -0.05) is 30.0 Å². The average molecular weight is 304 g/mol. The zero-order valence-electron chi connectivity index (χ0n) is 12.2. The van der Waals surface area contributed by atoms with E-state index in [0.717, 1.165) is 5.56 Å². The summed E-state index contributed by atoms with van der Waals surface area (Å²) in [6, 6.07) is 15.5. The molecule has 0 unspecified atom stereocenters. The van der Waals surface area contributed by atoms with Gasteiger partial charge in [0.25, 0.3) is 0 Å². The number of nitrogens with zero attached hydrogens (tertiary/aromatic N) is 1.